The second-order valence-corrected chi connectivity index (χ2v) is 9.17. The van der Waals surface area contributed by atoms with Crippen LogP contribution in [0, 0.1) is 22.7 Å². The van der Waals surface area contributed by atoms with E-state index in [1.54, 1.807) is 20.8 Å². The van der Waals surface area contributed by atoms with E-state index in [0.717, 1.165) is 12.8 Å². The molecule has 0 aromatic carbocycles. The molecule has 3 saturated heterocycles. The topological polar surface area (TPSA) is 94.7 Å². The van der Waals surface area contributed by atoms with Crippen molar-refractivity contribution in [3.8, 4) is 0 Å². The number of ether oxygens (including phenoxy) is 4. The number of esters is 2. The number of epoxide rings is 2. The first-order valence-electron chi connectivity index (χ1n) is 9.40. The third-order valence-electron chi connectivity index (χ3n) is 7.81. The van der Waals surface area contributed by atoms with Gasteiger partial charge in [-0.25, -0.2) is 0 Å². The van der Waals surface area contributed by atoms with Gasteiger partial charge in [-0.05, 0) is 25.7 Å². The van der Waals surface area contributed by atoms with E-state index >= 15 is 0 Å². The van der Waals surface area contributed by atoms with E-state index in [1.165, 1.54) is 0 Å². The number of carbonyl (C=O) groups excluding carboxylic acids is 3. The minimum absolute atomic E-state index is 0.0451. The molecule has 8 atom stereocenters. The molecule has 5 fully saturated rings. The van der Waals surface area contributed by atoms with Crippen molar-refractivity contribution in [2.45, 2.75) is 77.2 Å². The normalized spacial score (nSPS) is 56.1. The van der Waals surface area contributed by atoms with Gasteiger partial charge in [0.15, 0.2) is 17.0 Å². The van der Waals surface area contributed by atoms with Gasteiger partial charge in [-0.2, -0.15) is 0 Å². The van der Waals surface area contributed by atoms with Gasteiger partial charge in [0, 0.05) is 5.41 Å². The molecule has 0 unspecified atom stereocenters. The Balaban J connectivity index is 1.73. The van der Waals surface area contributed by atoms with Crippen LogP contribution in [0.15, 0.2) is 0 Å². The minimum Gasteiger partial charge on any atom is -0.460 e. The third kappa shape index (κ3) is 1.36. The zero-order valence-corrected chi connectivity index (χ0v) is 15.7. The summed E-state index contributed by atoms with van der Waals surface area (Å²) in [6.45, 7) is 9.13. The Hall–Kier alpha value is -1.47. The maximum Gasteiger partial charge on any atom is 0.329 e. The van der Waals surface area contributed by atoms with Crippen LogP contribution in [0.4, 0.5) is 0 Å². The smallest absolute Gasteiger partial charge is 0.329 e. The second-order valence-electron chi connectivity index (χ2n) is 9.17. The van der Waals surface area contributed by atoms with Crippen molar-refractivity contribution in [1.29, 1.82) is 0 Å². The molecule has 2 aliphatic carbocycles. The fourth-order valence-electron chi connectivity index (χ4n) is 5.90. The lowest BCUT2D eigenvalue weighted by Gasteiger charge is -2.43. The maximum absolute atomic E-state index is 13.8. The summed E-state index contributed by atoms with van der Waals surface area (Å²) in [5.74, 6) is -1.73. The van der Waals surface area contributed by atoms with Gasteiger partial charge in [0.25, 0.3) is 0 Å². The third-order valence-corrected chi connectivity index (χ3v) is 7.81. The molecule has 2 saturated carbocycles. The Labute approximate surface area is 151 Å². The first-order valence-corrected chi connectivity index (χ1v) is 9.40. The Bertz CT molecular complexity index is 761. The number of rotatable bonds is 2. The first-order chi connectivity index (χ1) is 12.1. The molecule has 5 rings (SSSR count). The second kappa shape index (κ2) is 4.33. The fourth-order valence-corrected chi connectivity index (χ4v) is 5.90. The number of ketones is 1. The van der Waals surface area contributed by atoms with E-state index in [0.29, 0.717) is 0 Å². The minimum atomic E-state index is -1.65. The molecule has 7 nitrogen and oxygen atoms in total. The molecule has 0 amide bonds. The number of Topliss-reactive ketones (excluding diaryl/α,β-unsaturated/α-hetero) is 1. The summed E-state index contributed by atoms with van der Waals surface area (Å²) in [5.41, 5.74) is -4.63. The van der Waals surface area contributed by atoms with Crippen LogP contribution in [-0.4, -0.2) is 47.4 Å². The van der Waals surface area contributed by atoms with Crippen molar-refractivity contribution in [1.82, 2.24) is 0 Å². The highest BCUT2D eigenvalue weighted by atomic mass is 16.8. The van der Waals surface area contributed by atoms with E-state index in [2.05, 4.69) is 0 Å². The highest BCUT2D eigenvalue weighted by Gasteiger charge is 2.97. The van der Waals surface area contributed by atoms with Gasteiger partial charge in [0.05, 0.1) is 12.0 Å². The van der Waals surface area contributed by atoms with Crippen LogP contribution < -0.4 is 0 Å². The van der Waals surface area contributed by atoms with Gasteiger partial charge in [-0.1, -0.05) is 27.7 Å². The van der Waals surface area contributed by atoms with Gasteiger partial charge in [0.1, 0.15) is 6.10 Å². The van der Waals surface area contributed by atoms with Gasteiger partial charge in [0.2, 0.25) is 11.7 Å². The van der Waals surface area contributed by atoms with E-state index in [-0.39, 0.29) is 23.7 Å². The molecule has 7 heteroatoms. The molecule has 26 heavy (non-hydrogen) atoms. The van der Waals surface area contributed by atoms with Gasteiger partial charge < -0.3 is 18.9 Å². The molecule has 0 N–H and O–H groups in total. The SMILES string of the molecule is CC(C)C(=O)O[C@@H]1[C@]2(C(=O)O[C@H]3O[C@]32C)C(=O)[C@@]23O[C@@H]2CC[C@H](C)[C@@]13C. The summed E-state index contributed by atoms with van der Waals surface area (Å²) < 4.78 is 22.9. The lowest BCUT2D eigenvalue weighted by atomic mass is 9.61. The van der Waals surface area contributed by atoms with E-state index in [9.17, 15) is 14.4 Å². The van der Waals surface area contributed by atoms with Gasteiger partial charge >= 0.3 is 11.9 Å². The summed E-state index contributed by atoms with van der Waals surface area (Å²) >= 11 is 0. The van der Waals surface area contributed by atoms with Gasteiger partial charge in [-0.3, -0.25) is 14.4 Å². The van der Waals surface area contributed by atoms with Crippen LogP contribution >= 0.6 is 0 Å². The average Bonchev–Trinajstić information content (AvgIpc) is 3.43. The first kappa shape index (κ1) is 16.7. The van der Waals surface area contributed by atoms with Crippen molar-refractivity contribution < 1.29 is 33.3 Å². The van der Waals surface area contributed by atoms with Crippen LogP contribution in [0.1, 0.15) is 47.5 Å². The van der Waals surface area contributed by atoms with Crippen molar-refractivity contribution in [2.24, 2.45) is 22.7 Å². The molecule has 5 aliphatic rings. The van der Waals surface area contributed by atoms with Crippen LogP contribution in [-0.2, 0) is 33.3 Å². The molecule has 2 spiro atoms. The molecule has 0 aromatic heterocycles. The highest BCUT2D eigenvalue weighted by Crippen LogP contribution is 2.77. The predicted octanol–water partition coefficient (Wildman–Crippen LogP) is 1.37. The monoisotopic (exact) mass is 364 g/mol. The van der Waals surface area contributed by atoms with Gasteiger partial charge in [-0.15, -0.1) is 0 Å². The number of carbonyl (C=O) groups is 3. The summed E-state index contributed by atoms with van der Waals surface area (Å²) in [7, 11) is 0. The zero-order valence-electron chi connectivity index (χ0n) is 15.7. The Morgan fingerprint density at radius 2 is 1.88 bits per heavy atom. The molecule has 142 valence electrons. The summed E-state index contributed by atoms with van der Waals surface area (Å²) in [6, 6.07) is 0. The number of fused-ring (bicyclic) bond motifs is 2. The summed E-state index contributed by atoms with van der Waals surface area (Å²) in [6.07, 6.45) is -0.336. The average molecular weight is 364 g/mol. The molecule has 0 aromatic rings. The van der Waals surface area contributed by atoms with Crippen molar-refractivity contribution in [3.05, 3.63) is 0 Å². The quantitative estimate of drug-likeness (QED) is 0.415. The molecular formula is C19H24O7. The Kier molecular flexibility index (Phi) is 2.78. The van der Waals surface area contributed by atoms with E-state index < -0.39 is 46.4 Å². The predicted molar refractivity (Wildman–Crippen MR) is 85.6 cm³/mol. The van der Waals surface area contributed by atoms with Crippen LogP contribution in [0.2, 0.25) is 0 Å². The summed E-state index contributed by atoms with van der Waals surface area (Å²) in [4.78, 5) is 39.3. The molecule has 0 bridgehead atoms. The highest BCUT2D eigenvalue weighted by molar-refractivity contribution is 6.16. The lowest BCUT2D eigenvalue weighted by molar-refractivity contribution is -0.187. The van der Waals surface area contributed by atoms with Crippen LogP contribution in [0.25, 0.3) is 0 Å². The van der Waals surface area contributed by atoms with Crippen LogP contribution in [0.3, 0.4) is 0 Å². The maximum atomic E-state index is 13.8. The fraction of sp³-hybridized carbons (Fsp3) is 0.842. The molecule has 3 aliphatic heterocycles. The van der Waals surface area contributed by atoms with E-state index in [4.69, 9.17) is 18.9 Å². The Morgan fingerprint density at radius 1 is 1.19 bits per heavy atom. The largest absolute Gasteiger partial charge is 0.460 e. The molecule has 3 heterocycles. The summed E-state index contributed by atoms with van der Waals surface area (Å²) in [5, 5.41) is 0. The standard InChI is InChI=1S/C19H24O7/c1-8(2)11(20)23-13-16(4)9(3)6-7-10-19(16,25-10)12(21)18(13)14(22)24-15-17(18,5)26-15/h8-10,13,15H,6-7H2,1-5H3/t9-,10+,13-,15-,16-,17+,18-,19-/m0/s1. The zero-order chi connectivity index (χ0) is 18.9. The Morgan fingerprint density at radius 3 is 2.46 bits per heavy atom. The van der Waals surface area contributed by atoms with Crippen molar-refractivity contribution >= 4 is 17.7 Å². The number of hydrogen-bond acceptors (Lipinski definition) is 7. The number of hydrogen-bond donors (Lipinski definition) is 0. The molecular weight excluding hydrogens is 340 g/mol. The van der Waals surface area contributed by atoms with E-state index in [1.807, 2.05) is 13.8 Å². The molecule has 0 radical (unpaired) electrons. The van der Waals surface area contributed by atoms with Crippen molar-refractivity contribution in [3.63, 3.8) is 0 Å². The van der Waals surface area contributed by atoms with Crippen LogP contribution in [0.5, 0.6) is 0 Å². The van der Waals surface area contributed by atoms with Crippen molar-refractivity contribution in [2.75, 3.05) is 0 Å². The lowest BCUT2D eigenvalue weighted by Crippen LogP contribution is -2.56.